The molecule has 0 aliphatic carbocycles. The van der Waals surface area contributed by atoms with Gasteiger partial charge in [-0.25, -0.2) is 0 Å². The second kappa shape index (κ2) is 5.61. The lowest BCUT2D eigenvalue weighted by atomic mass is 10.1. The number of ether oxygens (including phenoxy) is 1. The predicted octanol–water partition coefficient (Wildman–Crippen LogP) is -0.685. The van der Waals surface area contributed by atoms with Gasteiger partial charge >= 0.3 is 0 Å². The summed E-state index contributed by atoms with van der Waals surface area (Å²) in [5, 5.41) is 2.97. The highest BCUT2D eigenvalue weighted by Crippen LogP contribution is 2.15. The third kappa shape index (κ3) is 2.72. The van der Waals surface area contributed by atoms with Crippen LogP contribution < -0.4 is 11.1 Å². The van der Waals surface area contributed by atoms with Crippen LogP contribution >= 0.6 is 0 Å². The van der Waals surface area contributed by atoms with E-state index < -0.39 is 0 Å². The summed E-state index contributed by atoms with van der Waals surface area (Å²) in [5.41, 5.74) is 5.61. The Kier molecular flexibility index (Phi) is 4.15. The van der Waals surface area contributed by atoms with Crippen LogP contribution in [0.2, 0.25) is 0 Å². The van der Waals surface area contributed by atoms with Gasteiger partial charge in [0, 0.05) is 26.2 Å². The van der Waals surface area contributed by atoms with Crippen molar-refractivity contribution in [2.24, 2.45) is 5.73 Å². The fourth-order valence-electron chi connectivity index (χ4n) is 2.44. The standard InChI is InChI=1S/C11H21N3O2/c12-7-9-8-14(5-6-16-9)10-3-1-2-4-13-11(10)15/h9-10H,1-8,12H2,(H,13,15). The first-order chi connectivity index (χ1) is 7.81. The Bertz CT molecular complexity index is 247. The molecule has 0 aromatic heterocycles. The fourth-order valence-corrected chi connectivity index (χ4v) is 2.44. The van der Waals surface area contributed by atoms with Crippen LogP contribution in [0.5, 0.6) is 0 Å². The summed E-state index contributed by atoms with van der Waals surface area (Å²) >= 11 is 0. The highest BCUT2D eigenvalue weighted by Gasteiger charge is 2.30. The molecule has 0 bridgehead atoms. The van der Waals surface area contributed by atoms with Gasteiger partial charge < -0.3 is 15.8 Å². The van der Waals surface area contributed by atoms with Gasteiger partial charge in [0.1, 0.15) is 0 Å². The zero-order valence-electron chi connectivity index (χ0n) is 9.65. The van der Waals surface area contributed by atoms with Crippen molar-refractivity contribution in [2.75, 3.05) is 32.8 Å². The Morgan fingerprint density at radius 2 is 2.38 bits per heavy atom. The summed E-state index contributed by atoms with van der Waals surface area (Å²) in [6, 6.07) is 0.0282. The van der Waals surface area contributed by atoms with Crippen molar-refractivity contribution in [1.82, 2.24) is 10.2 Å². The number of nitrogens with one attached hydrogen (secondary N) is 1. The summed E-state index contributed by atoms with van der Waals surface area (Å²) < 4.78 is 5.52. The molecule has 2 fully saturated rings. The van der Waals surface area contributed by atoms with Crippen LogP contribution in [-0.2, 0) is 9.53 Å². The monoisotopic (exact) mass is 227 g/mol. The molecule has 2 saturated heterocycles. The van der Waals surface area contributed by atoms with Crippen molar-refractivity contribution >= 4 is 5.91 Å². The molecule has 16 heavy (non-hydrogen) atoms. The van der Waals surface area contributed by atoms with Crippen molar-refractivity contribution in [3.63, 3.8) is 0 Å². The third-order valence-corrected chi connectivity index (χ3v) is 3.38. The first-order valence-corrected chi connectivity index (χ1v) is 6.14. The van der Waals surface area contributed by atoms with Crippen molar-refractivity contribution in [3.8, 4) is 0 Å². The van der Waals surface area contributed by atoms with Gasteiger partial charge in [0.05, 0.1) is 18.8 Å². The minimum absolute atomic E-state index is 0.0282. The van der Waals surface area contributed by atoms with E-state index in [0.29, 0.717) is 13.2 Å². The number of nitrogens with two attached hydrogens (primary N) is 1. The molecule has 2 rings (SSSR count). The Morgan fingerprint density at radius 1 is 1.50 bits per heavy atom. The molecule has 3 N–H and O–H groups in total. The molecule has 2 heterocycles. The maximum atomic E-state index is 11.9. The molecule has 5 nitrogen and oxygen atoms in total. The van der Waals surface area contributed by atoms with Crippen LogP contribution in [0.3, 0.4) is 0 Å². The molecule has 92 valence electrons. The molecule has 0 spiro atoms. The van der Waals surface area contributed by atoms with E-state index in [9.17, 15) is 4.79 Å². The number of nitrogens with zero attached hydrogens (tertiary/aromatic N) is 1. The molecule has 2 unspecified atom stereocenters. The zero-order chi connectivity index (χ0) is 11.4. The molecular weight excluding hydrogens is 206 g/mol. The highest BCUT2D eigenvalue weighted by molar-refractivity contribution is 5.81. The van der Waals surface area contributed by atoms with Crippen LogP contribution in [0.1, 0.15) is 19.3 Å². The van der Waals surface area contributed by atoms with Crippen molar-refractivity contribution in [3.05, 3.63) is 0 Å². The minimum atomic E-state index is 0.0282. The average Bonchev–Trinajstić information content (AvgIpc) is 2.54. The van der Waals surface area contributed by atoms with Crippen molar-refractivity contribution in [1.29, 1.82) is 0 Å². The number of hydrogen-bond donors (Lipinski definition) is 2. The second-order valence-electron chi connectivity index (χ2n) is 4.53. The molecule has 2 aliphatic heterocycles. The van der Waals surface area contributed by atoms with Gasteiger partial charge in [-0.3, -0.25) is 9.69 Å². The van der Waals surface area contributed by atoms with Gasteiger partial charge in [-0.15, -0.1) is 0 Å². The van der Waals surface area contributed by atoms with E-state index >= 15 is 0 Å². The van der Waals surface area contributed by atoms with E-state index in [-0.39, 0.29) is 18.1 Å². The summed E-state index contributed by atoms with van der Waals surface area (Å²) in [7, 11) is 0. The highest BCUT2D eigenvalue weighted by atomic mass is 16.5. The Balaban J connectivity index is 1.95. The lowest BCUT2D eigenvalue weighted by Gasteiger charge is -2.36. The summed E-state index contributed by atoms with van der Waals surface area (Å²) in [6.07, 6.45) is 3.26. The molecule has 0 aromatic rings. The van der Waals surface area contributed by atoms with Crippen LogP contribution in [0.4, 0.5) is 0 Å². The van der Waals surface area contributed by atoms with Gasteiger partial charge in [-0.05, 0) is 19.3 Å². The lowest BCUT2D eigenvalue weighted by Crippen LogP contribution is -2.54. The van der Waals surface area contributed by atoms with Crippen molar-refractivity contribution in [2.45, 2.75) is 31.4 Å². The smallest absolute Gasteiger partial charge is 0.237 e. The SMILES string of the molecule is NCC1CN(C2CCCCNC2=O)CCO1. The van der Waals surface area contributed by atoms with Gasteiger partial charge in [-0.1, -0.05) is 0 Å². The van der Waals surface area contributed by atoms with Gasteiger partial charge in [0.2, 0.25) is 5.91 Å². The summed E-state index contributed by atoms with van der Waals surface area (Å²) in [5.74, 6) is 0.176. The summed E-state index contributed by atoms with van der Waals surface area (Å²) in [6.45, 7) is 3.67. The van der Waals surface area contributed by atoms with Gasteiger partial charge in [-0.2, -0.15) is 0 Å². The Morgan fingerprint density at radius 3 is 3.19 bits per heavy atom. The second-order valence-corrected chi connectivity index (χ2v) is 4.53. The minimum Gasteiger partial charge on any atom is -0.374 e. The molecule has 0 radical (unpaired) electrons. The molecule has 1 amide bonds. The van der Waals surface area contributed by atoms with E-state index in [1.165, 1.54) is 0 Å². The van der Waals surface area contributed by atoms with Crippen LogP contribution in [-0.4, -0.2) is 55.7 Å². The van der Waals surface area contributed by atoms with E-state index in [0.717, 1.165) is 38.9 Å². The molecular formula is C11H21N3O2. The number of morpholine rings is 1. The predicted molar refractivity (Wildman–Crippen MR) is 61.0 cm³/mol. The average molecular weight is 227 g/mol. The fraction of sp³-hybridized carbons (Fsp3) is 0.909. The van der Waals surface area contributed by atoms with E-state index in [1.807, 2.05) is 0 Å². The number of rotatable bonds is 2. The first kappa shape index (κ1) is 11.8. The topological polar surface area (TPSA) is 67.6 Å². The number of amides is 1. The van der Waals surface area contributed by atoms with Crippen LogP contribution in [0, 0.1) is 0 Å². The van der Waals surface area contributed by atoms with Crippen LogP contribution in [0.15, 0.2) is 0 Å². The number of carbonyl (C=O) groups is 1. The quantitative estimate of drug-likeness (QED) is 0.655. The van der Waals surface area contributed by atoms with Gasteiger partial charge in [0.25, 0.3) is 0 Å². The molecule has 0 aromatic carbocycles. The zero-order valence-corrected chi connectivity index (χ0v) is 9.65. The van der Waals surface area contributed by atoms with E-state index in [1.54, 1.807) is 0 Å². The van der Waals surface area contributed by atoms with Gasteiger partial charge in [0.15, 0.2) is 0 Å². The normalized spacial score (nSPS) is 33.2. The number of hydrogen-bond acceptors (Lipinski definition) is 4. The largest absolute Gasteiger partial charge is 0.374 e. The first-order valence-electron chi connectivity index (χ1n) is 6.14. The Labute approximate surface area is 96.3 Å². The summed E-state index contributed by atoms with van der Waals surface area (Å²) in [4.78, 5) is 14.1. The van der Waals surface area contributed by atoms with Crippen LogP contribution in [0.25, 0.3) is 0 Å². The maximum Gasteiger partial charge on any atom is 0.237 e. The molecule has 0 saturated carbocycles. The van der Waals surface area contributed by atoms with E-state index in [2.05, 4.69) is 10.2 Å². The maximum absolute atomic E-state index is 11.9. The third-order valence-electron chi connectivity index (χ3n) is 3.38. The van der Waals surface area contributed by atoms with E-state index in [4.69, 9.17) is 10.5 Å². The molecule has 2 aliphatic rings. The molecule has 2 atom stereocenters. The lowest BCUT2D eigenvalue weighted by molar-refractivity contribution is -0.129. The Hall–Kier alpha value is -0.650. The number of carbonyl (C=O) groups excluding carboxylic acids is 1. The van der Waals surface area contributed by atoms with Crippen molar-refractivity contribution < 1.29 is 9.53 Å². The molecule has 5 heteroatoms.